The van der Waals surface area contributed by atoms with Gasteiger partial charge in [-0.3, -0.25) is 10.1 Å². The van der Waals surface area contributed by atoms with E-state index >= 15 is 0 Å². The normalized spacial score (nSPS) is 12.0. The molecule has 0 saturated heterocycles. The number of guanidine groups is 1. The number of nitrogens with one attached hydrogen (secondary N) is 2. The van der Waals surface area contributed by atoms with Crippen LogP contribution in [0.5, 0.6) is 0 Å². The van der Waals surface area contributed by atoms with E-state index in [0.29, 0.717) is 16.6 Å². The number of aromatic amines is 1. The summed E-state index contributed by atoms with van der Waals surface area (Å²) in [5.74, 6) is -1.44. The number of hydrogen-bond acceptors (Lipinski definition) is 5. The minimum atomic E-state index is -0.906. The van der Waals surface area contributed by atoms with Crippen molar-refractivity contribution >= 4 is 34.8 Å². The van der Waals surface area contributed by atoms with Crippen molar-refractivity contribution in [2.75, 3.05) is 7.11 Å². The third-order valence-electron chi connectivity index (χ3n) is 3.55. The van der Waals surface area contributed by atoms with Crippen LogP contribution in [0.15, 0.2) is 23.2 Å². The number of hydrogen-bond donors (Lipinski definition) is 3. The summed E-state index contributed by atoms with van der Waals surface area (Å²) in [7, 11) is 1.29. The third-order valence-corrected chi connectivity index (χ3v) is 3.55. The highest BCUT2D eigenvalue weighted by atomic mass is 16.6. The first-order valence-corrected chi connectivity index (χ1v) is 8.11. The number of aliphatic imine (C=N–C) groups is 1. The number of carbonyl (C=O) groups is 3. The van der Waals surface area contributed by atoms with Gasteiger partial charge in [-0.15, -0.1) is 4.99 Å². The molecule has 27 heavy (non-hydrogen) atoms. The number of esters is 1. The lowest BCUT2D eigenvalue weighted by atomic mass is 10.1. The molecule has 0 aliphatic rings. The summed E-state index contributed by atoms with van der Waals surface area (Å²) < 4.78 is 9.69. The van der Waals surface area contributed by atoms with Gasteiger partial charge in [-0.2, -0.15) is 0 Å². The minimum Gasteiger partial charge on any atom is -0.465 e. The summed E-state index contributed by atoms with van der Waals surface area (Å²) >= 11 is 0. The fraction of sp³-hybridized carbons (Fsp3) is 0.333. The van der Waals surface area contributed by atoms with Crippen LogP contribution in [0.3, 0.4) is 0 Å². The SMILES string of the molecule is COC(=O)c1ccc2c(C)c(C(=O)N/C(N)=N\C(=O)OC(C)(C)C)[nH]c2c1. The van der Waals surface area contributed by atoms with Gasteiger partial charge >= 0.3 is 12.1 Å². The summed E-state index contributed by atoms with van der Waals surface area (Å²) in [6.45, 7) is 6.80. The standard InChI is InChI=1S/C18H22N4O5/c1-9-11-7-6-10(15(24)26-5)8-12(11)20-13(9)14(23)21-16(19)22-17(25)27-18(2,3)4/h6-8,20H,1-5H3,(H3,19,21,22,23,25). The zero-order chi connectivity index (χ0) is 20.4. The van der Waals surface area contributed by atoms with E-state index in [0.717, 1.165) is 5.39 Å². The van der Waals surface area contributed by atoms with Crippen LogP contribution < -0.4 is 11.1 Å². The molecule has 144 valence electrons. The molecule has 0 aliphatic carbocycles. The van der Waals surface area contributed by atoms with Gasteiger partial charge in [0.1, 0.15) is 11.3 Å². The first-order valence-electron chi connectivity index (χ1n) is 8.11. The van der Waals surface area contributed by atoms with Crippen LogP contribution in [0.1, 0.15) is 47.2 Å². The van der Waals surface area contributed by atoms with Gasteiger partial charge in [0.05, 0.1) is 12.7 Å². The molecule has 2 amide bonds. The lowest BCUT2D eigenvalue weighted by Gasteiger charge is -2.17. The zero-order valence-corrected chi connectivity index (χ0v) is 15.8. The molecule has 0 radical (unpaired) electrons. The molecule has 4 N–H and O–H groups in total. The number of amides is 2. The number of nitrogens with two attached hydrogens (primary N) is 1. The number of methoxy groups -OCH3 is 1. The number of ether oxygens (including phenoxy) is 2. The number of carbonyl (C=O) groups excluding carboxylic acids is 3. The van der Waals surface area contributed by atoms with E-state index in [1.807, 2.05) is 0 Å². The average molecular weight is 374 g/mol. The van der Waals surface area contributed by atoms with Crippen LogP contribution in [-0.2, 0) is 9.47 Å². The number of aromatic nitrogens is 1. The Balaban J connectivity index is 2.23. The Morgan fingerprint density at radius 3 is 2.48 bits per heavy atom. The van der Waals surface area contributed by atoms with Crippen LogP contribution in [0.4, 0.5) is 4.79 Å². The van der Waals surface area contributed by atoms with Crippen molar-refractivity contribution in [3.05, 3.63) is 35.0 Å². The molecular formula is C18H22N4O5. The van der Waals surface area contributed by atoms with Gasteiger partial charge in [0.2, 0.25) is 5.96 Å². The van der Waals surface area contributed by atoms with Crippen LogP contribution in [0, 0.1) is 6.92 Å². The van der Waals surface area contributed by atoms with Crippen molar-refractivity contribution in [1.29, 1.82) is 0 Å². The predicted molar refractivity (Wildman–Crippen MR) is 99.7 cm³/mol. The number of benzene rings is 1. The lowest BCUT2D eigenvalue weighted by molar-refractivity contribution is 0.0592. The minimum absolute atomic E-state index is 0.231. The molecule has 1 heterocycles. The highest BCUT2D eigenvalue weighted by Gasteiger charge is 2.19. The molecular weight excluding hydrogens is 352 g/mol. The maximum atomic E-state index is 12.4. The first kappa shape index (κ1) is 20.0. The van der Waals surface area contributed by atoms with Gasteiger partial charge in [0, 0.05) is 10.9 Å². The molecule has 1 aromatic carbocycles. The molecule has 0 aliphatic heterocycles. The highest BCUT2D eigenvalue weighted by molar-refractivity contribution is 6.09. The summed E-state index contributed by atoms with van der Waals surface area (Å²) in [5, 5.41) is 3.09. The zero-order valence-electron chi connectivity index (χ0n) is 15.8. The molecule has 0 fully saturated rings. The lowest BCUT2D eigenvalue weighted by Crippen LogP contribution is -2.38. The Morgan fingerprint density at radius 2 is 1.89 bits per heavy atom. The van der Waals surface area contributed by atoms with Crippen molar-refractivity contribution in [2.45, 2.75) is 33.3 Å². The number of nitrogens with zero attached hydrogens (tertiary/aromatic N) is 1. The van der Waals surface area contributed by atoms with E-state index in [4.69, 9.17) is 10.5 Å². The van der Waals surface area contributed by atoms with E-state index in [2.05, 4.69) is 20.0 Å². The second-order valence-corrected chi connectivity index (χ2v) is 6.81. The summed E-state index contributed by atoms with van der Waals surface area (Å²) in [5.41, 5.74) is 6.70. The third kappa shape index (κ3) is 4.84. The Labute approximate surface area is 155 Å². The molecule has 2 aromatic rings. The van der Waals surface area contributed by atoms with Crippen LogP contribution in [0.2, 0.25) is 0 Å². The van der Waals surface area contributed by atoms with Crippen molar-refractivity contribution in [1.82, 2.24) is 10.3 Å². The molecule has 9 nitrogen and oxygen atoms in total. The molecule has 0 bridgehead atoms. The molecule has 9 heteroatoms. The Hall–Kier alpha value is -3.36. The first-order chi connectivity index (χ1) is 12.5. The second-order valence-electron chi connectivity index (χ2n) is 6.81. The van der Waals surface area contributed by atoms with Crippen molar-refractivity contribution in [3.63, 3.8) is 0 Å². The molecule has 0 saturated carbocycles. The van der Waals surface area contributed by atoms with Gasteiger partial charge < -0.3 is 20.2 Å². The van der Waals surface area contributed by atoms with Gasteiger partial charge in [-0.1, -0.05) is 6.07 Å². The van der Waals surface area contributed by atoms with Gasteiger partial charge in [0.25, 0.3) is 5.91 Å². The number of fused-ring (bicyclic) bond motifs is 1. The van der Waals surface area contributed by atoms with Crippen molar-refractivity contribution in [3.8, 4) is 0 Å². The maximum absolute atomic E-state index is 12.4. The number of rotatable bonds is 2. The monoisotopic (exact) mass is 374 g/mol. The van der Waals surface area contributed by atoms with Crippen molar-refractivity contribution in [2.24, 2.45) is 10.7 Å². The number of aryl methyl sites for hydroxylation is 1. The molecule has 0 atom stereocenters. The van der Waals surface area contributed by atoms with E-state index in [9.17, 15) is 14.4 Å². The van der Waals surface area contributed by atoms with Gasteiger partial charge in [-0.25, -0.2) is 9.59 Å². The summed E-state index contributed by atoms with van der Waals surface area (Å²) in [6.07, 6.45) is -0.906. The van der Waals surface area contributed by atoms with E-state index in [1.165, 1.54) is 7.11 Å². The summed E-state index contributed by atoms with van der Waals surface area (Å²) in [6, 6.07) is 4.90. The smallest absolute Gasteiger partial charge is 0.437 e. The maximum Gasteiger partial charge on any atom is 0.437 e. The molecule has 2 rings (SSSR count). The highest BCUT2D eigenvalue weighted by Crippen LogP contribution is 2.23. The Bertz CT molecular complexity index is 937. The van der Waals surface area contributed by atoms with Crippen LogP contribution in [-0.4, -0.2) is 41.6 Å². The van der Waals surface area contributed by atoms with Gasteiger partial charge in [0.15, 0.2) is 0 Å². The molecule has 1 aromatic heterocycles. The van der Waals surface area contributed by atoms with E-state index in [-0.39, 0.29) is 11.7 Å². The molecule has 0 unspecified atom stereocenters. The fourth-order valence-corrected chi connectivity index (χ4v) is 2.40. The molecule has 0 spiro atoms. The average Bonchev–Trinajstić information content (AvgIpc) is 2.88. The Kier molecular flexibility index (Phi) is 5.53. The fourth-order valence-electron chi connectivity index (χ4n) is 2.40. The van der Waals surface area contributed by atoms with E-state index < -0.39 is 23.6 Å². The van der Waals surface area contributed by atoms with Gasteiger partial charge in [-0.05, 0) is 45.4 Å². The second kappa shape index (κ2) is 7.48. The van der Waals surface area contributed by atoms with Crippen LogP contribution >= 0.6 is 0 Å². The van der Waals surface area contributed by atoms with E-state index in [1.54, 1.807) is 45.9 Å². The van der Waals surface area contributed by atoms with Crippen molar-refractivity contribution < 1.29 is 23.9 Å². The summed E-state index contributed by atoms with van der Waals surface area (Å²) in [4.78, 5) is 42.1. The quantitative estimate of drug-likeness (QED) is 0.419. The predicted octanol–water partition coefficient (Wildman–Crippen LogP) is 2.24. The topological polar surface area (TPSA) is 136 Å². The Morgan fingerprint density at radius 1 is 1.22 bits per heavy atom. The number of H-pyrrole nitrogens is 1. The largest absolute Gasteiger partial charge is 0.465 e. The van der Waals surface area contributed by atoms with Crippen LogP contribution in [0.25, 0.3) is 10.9 Å².